The first kappa shape index (κ1) is 11.2. The highest BCUT2D eigenvalue weighted by atomic mass is 32.1. The third-order valence-electron chi connectivity index (χ3n) is 1.89. The second-order valence-corrected chi connectivity index (χ2v) is 3.38. The summed E-state index contributed by atoms with van der Waals surface area (Å²) >= 11 is 4.09. The van der Waals surface area contributed by atoms with Crippen molar-refractivity contribution >= 4 is 18.9 Å². The van der Waals surface area contributed by atoms with E-state index in [-0.39, 0.29) is 5.56 Å². The second-order valence-electron chi connectivity index (χ2n) is 2.89. The average molecular weight is 216 g/mol. The van der Waals surface area contributed by atoms with Gasteiger partial charge < -0.3 is 4.79 Å². The summed E-state index contributed by atoms with van der Waals surface area (Å²) in [7, 11) is 0. The summed E-state index contributed by atoms with van der Waals surface area (Å²) in [4.78, 5) is 10.6. The Bertz CT molecular complexity index is 326. The highest BCUT2D eigenvalue weighted by Crippen LogP contribution is 2.24. The number of benzene rings is 1. The first-order chi connectivity index (χ1) is 6.65. The number of alkyl halides is 2. The van der Waals surface area contributed by atoms with E-state index >= 15 is 0 Å². The largest absolute Gasteiger partial charge is 0.303 e. The van der Waals surface area contributed by atoms with Gasteiger partial charge in [0.1, 0.15) is 6.29 Å². The van der Waals surface area contributed by atoms with Gasteiger partial charge in [-0.05, 0) is 18.1 Å². The van der Waals surface area contributed by atoms with Crippen molar-refractivity contribution in [3.63, 3.8) is 0 Å². The number of halogens is 2. The summed E-state index contributed by atoms with van der Waals surface area (Å²) in [6, 6.07) is 4.30. The zero-order chi connectivity index (χ0) is 10.6. The van der Waals surface area contributed by atoms with Crippen LogP contribution in [0.3, 0.4) is 0 Å². The van der Waals surface area contributed by atoms with E-state index in [2.05, 4.69) is 12.6 Å². The molecule has 0 saturated heterocycles. The third-order valence-corrected chi connectivity index (χ3v) is 2.31. The fourth-order valence-electron chi connectivity index (χ4n) is 1.14. The van der Waals surface area contributed by atoms with Gasteiger partial charge in [0.2, 0.25) is 0 Å². The van der Waals surface area contributed by atoms with Crippen LogP contribution >= 0.6 is 12.6 Å². The van der Waals surface area contributed by atoms with Gasteiger partial charge in [0.25, 0.3) is 6.43 Å². The molecule has 1 nitrogen and oxygen atoms in total. The molecule has 0 spiro atoms. The molecule has 0 atom stereocenters. The van der Waals surface area contributed by atoms with Gasteiger partial charge in [-0.2, -0.15) is 0 Å². The minimum absolute atomic E-state index is 0.0372. The van der Waals surface area contributed by atoms with E-state index in [0.29, 0.717) is 17.7 Å². The van der Waals surface area contributed by atoms with Crippen LogP contribution in [0, 0.1) is 0 Å². The molecule has 1 aromatic rings. The predicted octanol–water partition coefficient (Wildman–Crippen LogP) is 3.04. The van der Waals surface area contributed by atoms with Crippen molar-refractivity contribution in [2.24, 2.45) is 0 Å². The Hall–Kier alpha value is -0.900. The lowest BCUT2D eigenvalue weighted by atomic mass is 10.1. The van der Waals surface area contributed by atoms with Gasteiger partial charge in [-0.3, -0.25) is 0 Å². The molecule has 0 radical (unpaired) electrons. The quantitative estimate of drug-likeness (QED) is 0.604. The number of thiol groups is 1. The number of carbonyl (C=O) groups is 1. The fourth-order valence-corrected chi connectivity index (χ4v) is 1.48. The molecule has 0 N–H and O–H groups in total. The van der Waals surface area contributed by atoms with Gasteiger partial charge >= 0.3 is 0 Å². The average Bonchev–Trinajstić information content (AvgIpc) is 2.15. The maximum absolute atomic E-state index is 12.2. The zero-order valence-corrected chi connectivity index (χ0v) is 8.31. The number of hydrogen-bond acceptors (Lipinski definition) is 2. The Morgan fingerprint density at radius 3 is 2.64 bits per heavy atom. The lowest BCUT2D eigenvalue weighted by Crippen LogP contribution is -1.91. The van der Waals surface area contributed by atoms with Gasteiger partial charge in [0, 0.05) is 16.9 Å². The molecule has 14 heavy (non-hydrogen) atoms. The molecule has 0 saturated carbocycles. The number of aryl methyl sites for hydroxylation is 1. The molecule has 0 bridgehead atoms. The van der Waals surface area contributed by atoms with Crippen LogP contribution in [0.2, 0.25) is 0 Å². The minimum Gasteiger partial charge on any atom is -0.303 e. The summed E-state index contributed by atoms with van der Waals surface area (Å²) in [5, 5.41) is 0. The van der Waals surface area contributed by atoms with Crippen LogP contribution in [0.4, 0.5) is 8.78 Å². The maximum Gasteiger partial charge on any atom is 0.263 e. The van der Waals surface area contributed by atoms with Gasteiger partial charge in [-0.15, -0.1) is 12.6 Å². The van der Waals surface area contributed by atoms with Crippen molar-refractivity contribution in [3.05, 3.63) is 29.3 Å². The van der Waals surface area contributed by atoms with Crippen LogP contribution in [-0.4, -0.2) is 6.29 Å². The molecule has 0 aromatic heterocycles. The van der Waals surface area contributed by atoms with Crippen LogP contribution in [0.25, 0.3) is 0 Å². The van der Waals surface area contributed by atoms with E-state index in [9.17, 15) is 13.6 Å². The summed E-state index contributed by atoms with van der Waals surface area (Å²) in [6.07, 6.45) is -0.734. The standard InChI is InChI=1S/C10H10F2OS/c11-10(12)8-4-3-7(2-1-5-13)9(14)6-8/h3-6,10,14H,1-2H2. The predicted molar refractivity (Wildman–Crippen MR) is 53.0 cm³/mol. The fraction of sp³-hybridized carbons (Fsp3) is 0.300. The SMILES string of the molecule is O=CCCc1ccc(C(F)F)cc1S. The molecule has 1 rings (SSSR count). The molecule has 76 valence electrons. The van der Waals surface area contributed by atoms with Crippen molar-refractivity contribution < 1.29 is 13.6 Å². The second kappa shape index (κ2) is 5.10. The van der Waals surface area contributed by atoms with Crippen molar-refractivity contribution in [2.45, 2.75) is 24.2 Å². The van der Waals surface area contributed by atoms with Gasteiger partial charge in [0.15, 0.2) is 0 Å². The van der Waals surface area contributed by atoms with E-state index in [1.807, 2.05) is 0 Å². The van der Waals surface area contributed by atoms with Crippen LogP contribution < -0.4 is 0 Å². The summed E-state index contributed by atoms with van der Waals surface area (Å²) in [5.74, 6) is 0. The van der Waals surface area contributed by atoms with Gasteiger partial charge in [-0.25, -0.2) is 8.78 Å². The molecule has 1 aromatic carbocycles. The lowest BCUT2D eigenvalue weighted by molar-refractivity contribution is -0.107. The monoisotopic (exact) mass is 216 g/mol. The van der Waals surface area contributed by atoms with E-state index in [1.165, 1.54) is 12.1 Å². The Morgan fingerprint density at radius 2 is 2.14 bits per heavy atom. The molecule has 0 aliphatic rings. The van der Waals surface area contributed by atoms with Gasteiger partial charge in [-0.1, -0.05) is 12.1 Å². The molecule has 0 amide bonds. The Labute approximate surface area is 86.5 Å². The topological polar surface area (TPSA) is 17.1 Å². The van der Waals surface area contributed by atoms with E-state index < -0.39 is 6.43 Å². The van der Waals surface area contributed by atoms with Gasteiger partial charge in [0.05, 0.1) is 0 Å². The summed E-state index contributed by atoms with van der Waals surface area (Å²) in [5.41, 5.74) is 0.787. The van der Waals surface area contributed by atoms with Crippen molar-refractivity contribution in [3.8, 4) is 0 Å². The maximum atomic E-state index is 12.2. The zero-order valence-electron chi connectivity index (χ0n) is 7.41. The number of hydrogen-bond donors (Lipinski definition) is 1. The first-order valence-electron chi connectivity index (χ1n) is 4.18. The Morgan fingerprint density at radius 1 is 1.43 bits per heavy atom. The van der Waals surface area contributed by atoms with Crippen molar-refractivity contribution in [1.82, 2.24) is 0 Å². The normalized spacial score (nSPS) is 10.6. The number of aldehydes is 1. The summed E-state index contributed by atoms with van der Waals surface area (Å²) in [6.45, 7) is 0. The number of rotatable bonds is 4. The van der Waals surface area contributed by atoms with E-state index in [0.717, 1.165) is 11.8 Å². The highest BCUT2D eigenvalue weighted by molar-refractivity contribution is 7.80. The smallest absolute Gasteiger partial charge is 0.263 e. The van der Waals surface area contributed by atoms with Crippen LogP contribution in [0.15, 0.2) is 23.1 Å². The molecule has 0 aliphatic heterocycles. The van der Waals surface area contributed by atoms with E-state index in [1.54, 1.807) is 6.07 Å². The molecule has 0 heterocycles. The Kier molecular flexibility index (Phi) is 4.07. The van der Waals surface area contributed by atoms with Crippen LogP contribution in [-0.2, 0) is 11.2 Å². The third kappa shape index (κ3) is 2.80. The van der Waals surface area contributed by atoms with Crippen molar-refractivity contribution in [1.29, 1.82) is 0 Å². The first-order valence-corrected chi connectivity index (χ1v) is 4.63. The summed E-state index contributed by atoms with van der Waals surface area (Å²) < 4.78 is 24.5. The molecule has 0 aliphatic carbocycles. The molecule has 0 unspecified atom stereocenters. The van der Waals surface area contributed by atoms with Crippen LogP contribution in [0.5, 0.6) is 0 Å². The lowest BCUT2D eigenvalue weighted by Gasteiger charge is -2.05. The molecule has 4 heteroatoms. The highest BCUT2D eigenvalue weighted by Gasteiger charge is 2.08. The van der Waals surface area contributed by atoms with Crippen molar-refractivity contribution in [2.75, 3.05) is 0 Å². The molecular weight excluding hydrogens is 206 g/mol. The molecular formula is C10H10F2OS. The molecule has 0 fully saturated rings. The number of carbonyl (C=O) groups excluding carboxylic acids is 1. The minimum atomic E-state index is -2.47. The Balaban J connectivity index is 2.84. The van der Waals surface area contributed by atoms with Crippen LogP contribution in [0.1, 0.15) is 24.0 Å². The van der Waals surface area contributed by atoms with E-state index in [4.69, 9.17) is 0 Å².